The highest BCUT2D eigenvalue weighted by molar-refractivity contribution is 7.89. The van der Waals surface area contributed by atoms with Crippen molar-refractivity contribution in [1.29, 1.82) is 0 Å². The van der Waals surface area contributed by atoms with Crippen LogP contribution in [0, 0.1) is 0 Å². The number of anilines is 1. The molecule has 0 bridgehead atoms. The van der Waals surface area contributed by atoms with Gasteiger partial charge in [-0.05, 0) is 25.1 Å². The molecule has 0 saturated carbocycles. The summed E-state index contributed by atoms with van der Waals surface area (Å²) in [7, 11) is -3.66. The smallest absolute Gasteiger partial charge is 0.246 e. The lowest BCUT2D eigenvalue weighted by Crippen LogP contribution is -2.42. The van der Waals surface area contributed by atoms with Gasteiger partial charge in [0.05, 0.1) is 16.7 Å². The summed E-state index contributed by atoms with van der Waals surface area (Å²) in [6.45, 7) is 5.52. The molecule has 1 aliphatic rings. The van der Waals surface area contributed by atoms with Crippen molar-refractivity contribution in [2.45, 2.75) is 17.9 Å². The minimum atomic E-state index is -3.66. The highest BCUT2D eigenvalue weighted by atomic mass is 35.5. The third kappa shape index (κ3) is 2.53. The molecule has 1 N–H and O–H groups in total. The fourth-order valence-corrected chi connectivity index (χ4v) is 4.19. The van der Waals surface area contributed by atoms with Crippen LogP contribution in [0.2, 0.25) is 5.02 Å². The third-order valence-electron chi connectivity index (χ3n) is 2.91. The quantitative estimate of drug-likeness (QED) is 0.673. The van der Waals surface area contributed by atoms with Gasteiger partial charge in [0.15, 0.2) is 0 Å². The van der Waals surface area contributed by atoms with E-state index >= 15 is 0 Å². The summed E-state index contributed by atoms with van der Waals surface area (Å²) in [5.74, 6) is 0. The van der Waals surface area contributed by atoms with E-state index in [2.05, 4.69) is 11.9 Å². The lowest BCUT2D eigenvalue weighted by Gasteiger charge is -2.24. The van der Waals surface area contributed by atoms with Crippen LogP contribution in [0.4, 0.5) is 5.69 Å². The molecule has 7 heteroatoms. The largest absolute Gasteiger partial charge is 0.348 e. The number of nitrogens with one attached hydrogen (secondary N) is 1. The molecule has 0 aliphatic carbocycles. The second-order valence-electron chi connectivity index (χ2n) is 4.17. The van der Waals surface area contributed by atoms with Gasteiger partial charge in [0.2, 0.25) is 10.0 Å². The van der Waals surface area contributed by atoms with E-state index in [1.165, 1.54) is 16.4 Å². The first kappa shape index (κ1) is 14.5. The predicted molar refractivity (Wildman–Crippen MR) is 81.2 cm³/mol. The third-order valence-corrected chi connectivity index (χ3v) is 5.56. The van der Waals surface area contributed by atoms with Crippen LogP contribution >= 0.6 is 23.8 Å². The first-order chi connectivity index (χ1) is 8.87. The number of halogens is 1. The van der Waals surface area contributed by atoms with Crippen LogP contribution in [0.1, 0.15) is 6.92 Å². The minimum Gasteiger partial charge on any atom is -0.348 e. The van der Waals surface area contributed by atoms with E-state index in [9.17, 15) is 8.42 Å². The zero-order chi connectivity index (χ0) is 14.2. The summed E-state index contributed by atoms with van der Waals surface area (Å²) in [6.07, 6.45) is 1.53. The first-order valence-electron chi connectivity index (χ1n) is 5.61. The van der Waals surface area contributed by atoms with E-state index in [0.29, 0.717) is 15.7 Å². The molecule has 1 aromatic rings. The van der Waals surface area contributed by atoms with Gasteiger partial charge in [-0.1, -0.05) is 29.9 Å². The van der Waals surface area contributed by atoms with Crippen molar-refractivity contribution in [3.63, 3.8) is 0 Å². The van der Waals surface area contributed by atoms with Gasteiger partial charge in [0, 0.05) is 11.6 Å². The minimum absolute atomic E-state index is 0.133. The van der Waals surface area contributed by atoms with Gasteiger partial charge in [-0.15, -0.1) is 6.58 Å². The highest BCUT2D eigenvalue weighted by Gasteiger charge is 2.35. The number of nitrogens with zero attached hydrogens (tertiary/aromatic N) is 1. The van der Waals surface area contributed by atoms with Crippen molar-refractivity contribution >= 4 is 44.5 Å². The number of thiocarbonyl (C=S) groups is 1. The monoisotopic (exact) mass is 316 g/mol. The van der Waals surface area contributed by atoms with Gasteiger partial charge in [-0.2, -0.15) is 4.31 Å². The lowest BCUT2D eigenvalue weighted by molar-refractivity contribution is 0.426. The zero-order valence-electron chi connectivity index (χ0n) is 10.3. The molecular formula is C12H13ClN2O2S2. The van der Waals surface area contributed by atoms with Gasteiger partial charge < -0.3 is 5.32 Å². The molecule has 0 fully saturated rings. The molecule has 1 atom stereocenters. The van der Waals surface area contributed by atoms with Crippen LogP contribution < -0.4 is 5.32 Å². The van der Waals surface area contributed by atoms with Crippen molar-refractivity contribution < 1.29 is 8.42 Å². The molecule has 0 radical (unpaired) electrons. The summed E-state index contributed by atoms with van der Waals surface area (Å²) in [6, 6.07) is 4.23. The van der Waals surface area contributed by atoms with Crippen molar-refractivity contribution in [1.82, 2.24) is 4.31 Å². The summed E-state index contributed by atoms with van der Waals surface area (Å²) >= 11 is 11.1. The maximum Gasteiger partial charge on any atom is 0.246 e. The SMILES string of the molecule is C=CCN1C(C)C(=S)Nc2ccc(Cl)cc2S1(=O)=O. The number of sulfonamides is 1. The van der Waals surface area contributed by atoms with Gasteiger partial charge in [-0.3, -0.25) is 0 Å². The zero-order valence-corrected chi connectivity index (χ0v) is 12.6. The molecule has 0 spiro atoms. The van der Waals surface area contributed by atoms with E-state index < -0.39 is 16.1 Å². The highest BCUT2D eigenvalue weighted by Crippen LogP contribution is 2.32. The first-order valence-corrected chi connectivity index (χ1v) is 7.83. The van der Waals surface area contributed by atoms with Gasteiger partial charge in [-0.25, -0.2) is 8.42 Å². The van der Waals surface area contributed by atoms with Crippen molar-refractivity contribution in [3.8, 4) is 0 Å². The second kappa shape index (κ2) is 5.20. The summed E-state index contributed by atoms with van der Waals surface area (Å²) in [4.78, 5) is 0.583. The topological polar surface area (TPSA) is 49.4 Å². The molecular weight excluding hydrogens is 304 g/mol. The van der Waals surface area contributed by atoms with Gasteiger partial charge in [0.1, 0.15) is 4.90 Å². The van der Waals surface area contributed by atoms with Gasteiger partial charge >= 0.3 is 0 Å². The fraction of sp³-hybridized carbons (Fsp3) is 0.250. The van der Waals surface area contributed by atoms with Crippen LogP contribution in [0.3, 0.4) is 0 Å². The molecule has 0 saturated heterocycles. The molecule has 4 nitrogen and oxygen atoms in total. The molecule has 1 heterocycles. The summed E-state index contributed by atoms with van der Waals surface area (Å²) in [5.41, 5.74) is 0.452. The molecule has 0 amide bonds. The average Bonchev–Trinajstić information content (AvgIpc) is 2.41. The fourth-order valence-electron chi connectivity index (χ4n) is 1.90. The molecule has 19 heavy (non-hydrogen) atoms. The summed E-state index contributed by atoms with van der Waals surface area (Å²) < 4.78 is 26.6. The van der Waals surface area contributed by atoms with Crippen molar-refractivity contribution in [3.05, 3.63) is 35.9 Å². The molecule has 102 valence electrons. The van der Waals surface area contributed by atoms with E-state index in [4.69, 9.17) is 23.8 Å². The molecule has 0 aromatic heterocycles. The van der Waals surface area contributed by atoms with E-state index in [1.807, 2.05) is 0 Å². The van der Waals surface area contributed by atoms with Crippen molar-refractivity contribution in [2.75, 3.05) is 11.9 Å². The Bertz CT molecular complexity index is 643. The molecule has 1 unspecified atom stereocenters. The second-order valence-corrected chi connectivity index (χ2v) is 6.90. The maximum atomic E-state index is 12.6. The van der Waals surface area contributed by atoms with Crippen LogP contribution in [0.15, 0.2) is 35.7 Å². The Morgan fingerprint density at radius 1 is 1.58 bits per heavy atom. The Kier molecular flexibility index (Phi) is 3.96. The Morgan fingerprint density at radius 2 is 2.26 bits per heavy atom. The normalized spacial score (nSPS) is 22.2. The standard InChI is InChI=1S/C12H13ClN2O2S2/c1-3-6-15-8(2)12(18)14-10-5-4-9(13)7-11(10)19(15,16)17/h3-5,7-8H,1,6H2,2H3,(H,14,18). The van der Waals surface area contributed by atoms with E-state index in [0.717, 1.165) is 0 Å². The predicted octanol–water partition coefficient (Wildman–Crippen LogP) is 2.66. The molecule has 1 aromatic carbocycles. The Labute approximate surface area is 123 Å². The van der Waals surface area contributed by atoms with Crippen LogP contribution in [0.5, 0.6) is 0 Å². The molecule has 1 aliphatic heterocycles. The Balaban J connectivity index is 2.68. The Morgan fingerprint density at radius 3 is 2.89 bits per heavy atom. The number of rotatable bonds is 2. The van der Waals surface area contributed by atoms with Crippen LogP contribution in [-0.4, -0.2) is 30.3 Å². The maximum absolute atomic E-state index is 12.6. The summed E-state index contributed by atoms with van der Waals surface area (Å²) in [5, 5.41) is 3.33. The number of fused-ring (bicyclic) bond motifs is 1. The van der Waals surface area contributed by atoms with E-state index in [-0.39, 0.29) is 11.4 Å². The lowest BCUT2D eigenvalue weighted by atomic mass is 10.3. The number of hydrogen-bond donors (Lipinski definition) is 1. The molecule has 2 rings (SSSR count). The average molecular weight is 317 g/mol. The van der Waals surface area contributed by atoms with Gasteiger partial charge in [0.25, 0.3) is 0 Å². The van der Waals surface area contributed by atoms with Crippen LogP contribution in [0.25, 0.3) is 0 Å². The number of hydrogen-bond acceptors (Lipinski definition) is 3. The van der Waals surface area contributed by atoms with E-state index in [1.54, 1.807) is 19.1 Å². The number of benzene rings is 1. The Hall–Kier alpha value is -0.950. The van der Waals surface area contributed by atoms with Crippen molar-refractivity contribution in [2.24, 2.45) is 0 Å². The van der Waals surface area contributed by atoms with Crippen LogP contribution in [-0.2, 0) is 10.0 Å².